The Hall–Kier alpha value is -1.35. The second-order valence-corrected chi connectivity index (χ2v) is 2.82. The van der Waals surface area contributed by atoms with E-state index in [1.165, 1.54) is 12.1 Å². The van der Waals surface area contributed by atoms with Crippen molar-refractivity contribution in [3.05, 3.63) is 29.8 Å². The minimum atomic E-state index is 0.0920. The van der Waals surface area contributed by atoms with Crippen LogP contribution < -0.4 is 5.32 Å². The first-order valence-electron chi connectivity index (χ1n) is 4.21. The van der Waals surface area contributed by atoms with Crippen LogP contribution in [0.25, 0.3) is 0 Å². The number of Topliss-reactive ketones (excluding diaryl/α,β-unsaturated/α-hetero) is 1. The number of benzene rings is 1. The molecular weight excluding hydrogens is 166 g/mol. The number of carbonyl (C=O) groups is 1. The number of rotatable bonds is 4. The van der Waals surface area contributed by atoms with Crippen LogP contribution in [0.15, 0.2) is 24.3 Å². The average molecular weight is 179 g/mol. The summed E-state index contributed by atoms with van der Waals surface area (Å²) in [5.41, 5.74) is 0.646. The maximum atomic E-state index is 11.4. The van der Waals surface area contributed by atoms with Gasteiger partial charge in [0.15, 0.2) is 5.78 Å². The Morgan fingerprint density at radius 1 is 1.38 bits per heavy atom. The third kappa shape index (κ3) is 2.87. The normalized spacial score (nSPS) is 9.92. The van der Waals surface area contributed by atoms with Crippen molar-refractivity contribution in [1.29, 1.82) is 0 Å². The van der Waals surface area contributed by atoms with Gasteiger partial charge >= 0.3 is 0 Å². The van der Waals surface area contributed by atoms with Crippen molar-refractivity contribution in [2.24, 2.45) is 0 Å². The lowest BCUT2D eigenvalue weighted by molar-refractivity contribution is 0.0983. The van der Waals surface area contributed by atoms with Gasteiger partial charge in [0.25, 0.3) is 0 Å². The third-order valence-electron chi connectivity index (χ3n) is 1.79. The van der Waals surface area contributed by atoms with Gasteiger partial charge in [-0.3, -0.25) is 4.79 Å². The summed E-state index contributed by atoms with van der Waals surface area (Å²) in [6.45, 7) is 0.680. The summed E-state index contributed by atoms with van der Waals surface area (Å²) in [7, 11) is 1.81. The van der Waals surface area contributed by atoms with Crippen molar-refractivity contribution in [3.8, 4) is 5.75 Å². The van der Waals surface area contributed by atoms with E-state index in [-0.39, 0.29) is 11.5 Å². The summed E-state index contributed by atoms with van der Waals surface area (Å²) in [5, 5.41) is 11.9. The van der Waals surface area contributed by atoms with E-state index in [1.54, 1.807) is 12.1 Å². The van der Waals surface area contributed by atoms with E-state index in [1.807, 2.05) is 7.05 Å². The van der Waals surface area contributed by atoms with E-state index < -0.39 is 0 Å². The number of carbonyl (C=O) groups excluding carboxylic acids is 1. The van der Waals surface area contributed by atoms with E-state index in [0.717, 1.165) is 0 Å². The van der Waals surface area contributed by atoms with Crippen LogP contribution in [0, 0.1) is 0 Å². The van der Waals surface area contributed by atoms with Crippen molar-refractivity contribution in [1.82, 2.24) is 5.32 Å². The van der Waals surface area contributed by atoms with Gasteiger partial charge in [-0.25, -0.2) is 0 Å². The molecule has 3 heteroatoms. The summed E-state index contributed by atoms with van der Waals surface area (Å²) < 4.78 is 0. The summed E-state index contributed by atoms with van der Waals surface area (Å²) in [5.74, 6) is 0.277. The number of phenols is 1. The van der Waals surface area contributed by atoms with Gasteiger partial charge in [-0.15, -0.1) is 0 Å². The van der Waals surface area contributed by atoms with Crippen LogP contribution in [-0.4, -0.2) is 24.5 Å². The second kappa shape index (κ2) is 4.62. The molecule has 70 valence electrons. The van der Waals surface area contributed by atoms with Crippen LogP contribution >= 0.6 is 0 Å². The van der Waals surface area contributed by atoms with Gasteiger partial charge in [0.1, 0.15) is 5.75 Å². The zero-order chi connectivity index (χ0) is 9.68. The van der Waals surface area contributed by atoms with Crippen molar-refractivity contribution < 1.29 is 9.90 Å². The first kappa shape index (κ1) is 9.74. The number of nitrogens with one attached hydrogen (secondary N) is 1. The molecule has 0 spiro atoms. The lowest BCUT2D eigenvalue weighted by Gasteiger charge is -2.00. The molecule has 0 aliphatic carbocycles. The lowest BCUT2D eigenvalue weighted by atomic mass is 10.1. The van der Waals surface area contributed by atoms with Crippen LogP contribution in [0.1, 0.15) is 16.8 Å². The average Bonchev–Trinajstić information content (AvgIpc) is 2.15. The molecule has 0 aromatic heterocycles. The van der Waals surface area contributed by atoms with Crippen LogP contribution in [0.5, 0.6) is 5.75 Å². The minimum absolute atomic E-state index is 0.0920. The smallest absolute Gasteiger partial charge is 0.164 e. The Labute approximate surface area is 77.4 Å². The van der Waals surface area contributed by atoms with E-state index in [0.29, 0.717) is 18.5 Å². The van der Waals surface area contributed by atoms with Gasteiger partial charge in [-0.2, -0.15) is 0 Å². The summed E-state index contributed by atoms with van der Waals surface area (Å²) in [6, 6.07) is 6.31. The van der Waals surface area contributed by atoms with Crippen molar-refractivity contribution in [2.45, 2.75) is 6.42 Å². The van der Waals surface area contributed by atoms with Gasteiger partial charge in [-0.1, -0.05) is 0 Å². The van der Waals surface area contributed by atoms with E-state index in [4.69, 9.17) is 5.11 Å². The zero-order valence-electron chi connectivity index (χ0n) is 7.58. The van der Waals surface area contributed by atoms with Crippen LogP contribution in [0.4, 0.5) is 0 Å². The number of hydrogen-bond donors (Lipinski definition) is 2. The van der Waals surface area contributed by atoms with Gasteiger partial charge in [-0.05, 0) is 31.3 Å². The number of aromatic hydroxyl groups is 1. The fourth-order valence-corrected chi connectivity index (χ4v) is 1.03. The minimum Gasteiger partial charge on any atom is -0.508 e. The molecule has 0 bridgehead atoms. The monoisotopic (exact) mass is 179 g/mol. The van der Waals surface area contributed by atoms with Gasteiger partial charge in [0.05, 0.1) is 0 Å². The molecule has 0 fully saturated rings. The molecule has 2 N–H and O–H groups in total. The largest absolute Gasteiger partial charge is 0.508 e. The molecule has 0 saturated heterocycles. The van der Waals surface area contributed by atoms with Gasteiger partial charge in [0.2, 0.25) is 0 Å². The Morgan fingerprint density at radius 3 is 2.54 bits per heavy atom. The highest BCUT2D eigenvalue weighted by Crippen LogP contribution is 2.10. The summed E-state index contributed by atoms with van der Waals surface area (Å²) >= 11 is 0. The second-order valence-electron chi connectivity index (χ2n) is 2.82. The molecule has 1 aromatic rings. The molecule has 0 radical (unpaired) electrons. The fraction of sp³-hybridized carbons (Fsp3) is 0.300. The van der Waals surface area contributed by atoms with Crippen molar-refractivity contribution >= 4 is 5.78 Å². The molecule has 13 heavy (non-hydrogen) atoms. The highest BCUT2D eigenvalue weighted by Gasteiger charge is 2.03. The van der Waals surface area contributed by atoms with Crippen molar-refractivity contribution in [2.75, 3.05) is 13.6 Å². The highest BCUT2D eigenvalue weighted by atomic mass is 16.3. The molecular formula is C10H13NO2. The fourth-order valence-electron chi connectivity index (χ4n) is 1.03. The van der Waals surface area contributed by atoms with Gasteiger partial charge in [0, 0.05) is 18.5 Å². The molecule has 0 unspecified atom stereocenters. The van der Waals surface area contributed by atoms with Crippen LogP contribution in [-0.2, 0) is 0 Å². The quantitative estimate of drug-likeness (QED) is 0.682. The van der Waals surface area contributed by atoms with E-state index in [9.17, 15) is 4.79 Å². The van der Waals surface area contributed by atoms with E-state index in [2.05, 4.69) is 5.32 Å². The SMILES string of the molecule is CNCCC(=O)c1ccc(O)cc1. The standard InChI is InChI=1S/C10H13NO2/c1-11-7-6-10(13)8-2-4-9(12)5-3-8/h2-5,11-12H,6-7H2,1H3. The van der Waals surface area contributed by atoms with E-state index >= 15 is 0 Å². The maximum Gasteiger partial charge on any atom is 0.164 e. The molecule has 0 aliphatic heterocycles. The first-order valence-corrected chi connectivity index (χ1v) is 4.21. The molecule has 0 atom stereocenters. The molecule has 0 aliphatic rings. The Bertz CT molecular complexity index is 279. The predicted octanol–water partition coefficient (Wildman–Crippen LogP) is 1.18. The lowest BCUT2D eigenvalue weighted by Crippen LogP contribution is -2.12. The highest BCUT2D eigenvalue weighted by molar-refractivity contribution is 5.96. The van der Waals surface area contributed by atoms with Crippen LogP contribution in [0.3, 0.4) is 0 Å². The molecule has 0 saturated carbocycles. The first-order chi connectivity index (χ1) is 6.24. The topological polar surface area (TPSA) is 49.3 Å². The molecule has 0 heterocycles. The molecule has 1 aromatic carbocycles. The number of ketones is 1. The molecule has 3 nitrogen and oxygen atoms in total. The summed E-state index contributed by atoms with van der Waals surface area (Å²) in [6.07, 6.45) is 0.487. The predicted molar refractivity (Wildman–Crippen MR) is 51.0 cm³/mol. The zero-order valence-corrected chi connectivity index (χ0v) is 7.58. The van der Waals surface area contributed by atoms with Crippen molar-refractivity contribution in [3.63, 3.8) is 0 Å². The number of phenolic OH excluding ortho intramolecular Hbond substituents is 1. The summed E-state index contributed by atoms with van der Waals surface area (Å²) in [4.78, 5) is 11.4. The number of hydrogen-bond acceptors (Lipinski definition) is 3. The maximum absolute atomic E-state index is 11.4. The Morgan fingerprint density at radius 2 is 2.00 bits per heavy atom. The Kier molecular flexibility index (Phi) is 3.46. The van der Waals surface area contributed by atoms with Gasteiger partial charge < -0.3 is 10.4 Å². The van der Waals surface area contributed by atoms with Crippen LogP contribution in [0.2, 0.25) is 0 Å². The molecule has 1 rings (SSSR count). The third-order valence-corrected chi connectivity index (χ3v) is 1.79. The Balaban J connectivity index is 2.61. The molecule has 0 amide bonds.